The van der Waals surface area contributed by atoms with Gasteiger partial charge in [0.2, 0.25) is 0 Å². The van der Waals surface area contributed by atoms with E-state index in [0.29, 0.717) is 12.5 Å². The summed E-state index contributed by atoms with van der Waals surface area (Å²) in [4.78, 5) is 0. The Morgan fingerprint density at radius 1 is 1.00 bits per heavy atom. The molecule has 0 radical (unpaired) electrons. The van der Waals surface area contributed by atoms with E-state index in [9.17, 15) is 0 Å². The van der Waals surface area contributed by atoms with Gasteiger partial charge in [0.15, 0.2) is 0 Å². The topological polar surface area (TPSA) is 39.1 Å². The molecule has 0 spiro atoms. The second kappa shape index (κ2) is 7.10. The molecule has 4 heteroatoms. The van der Waals surface area contributed by atoms with Gasteiger partial charge in [0, 0.05) is 18.0 Å². The number of benzene rings is 2. The minimum Gasteiger partial charge on any atom is -0.489 e. The molecule has 1 aliphatic carbocycles. The van der Waals surface area contributed by atoms with E-state index < -0.39 is 0 Å². The van der Waals surface area contributed by atoms with Gasteiger partial charge in [-0.1, -0.05) is 43.2 Å². The van der Waals surface area contributed by atoms with E-state index in [-0.39, 0.29) is 0 Å². The van der Waals surface area contributed by atoms with Gasteiger partial charge in [-0.05, 0) is 49.1 Å². The Morgan fingerprint density at radius 3 is 2.56 bits per heavy atom. The molecule has 2 aliphatic rings. The Kier molecular flexibility index (Phi) is 4.32. The van der Waals surface area contributed by atoms with Crippen LogP contribution in [0.15, 0.2) is 54.6 Å². The third-order valence-electron chi connectivity index (χ3n) is 5.75. The number of anilines is 1. The molecule has 0 bridgehead atoms. The first kappa shape index (κ1) is 16.4. The zero-order valence-corrected chi connectivity index (χ0v) is 15.5. The Balaban J connectivity index is 1.36. The summed E-state index contributed by atoms with van der Waals surface area (Å²) in [6.07, 6.45) is 6.35. The Morgan fingerprint density at radius 2 is 1.78 bits per heavy atom. The Hall–Kier alpha value is -2.75. The van der Waals surface area contributed by atoms with Crippen LogP contribution in [0.5, 0.6) is 5.75 Å². The van der Waals surface area contributed by atoms with E-state index in [1.807, 2.05) is 30.3 Å². The maximum absolute atomic E-state index is 5.92. The van der Waals surface area contributed by atoms with Crippen LogP contribution in [0.2, 0.25) is 0 Å². The highest BCUT2D eigenvalue weighted by atomic mass is 16.5. The standard InChI is InChI=1S/C23H25N3O/c1-2-6-17(7-3-1)16-27-20-12-10-19(11-13-20)26-23-21(14-15-24-23)22(25-26)18-8-4-5-9-18/h1-3,6-7,10-13,18,24H,4-5,8-9,14-16H2. The summed E-state index contributed by atoms with van der Waals surface area (Å²) in [6.45, 7) is 1.61. The highest BCUT2D eigenvalue weighted by Crippen LogP contribution is 2.40. The molecule has 1 fully saturated rings. The molecule has 2 aromatic carbocycles. The van der Waals surface area contributed by atoms with Crippen molar-refractivity contribution in [2.75, 3.05) is 11.9 Å². The van der Waals surface area contributed by atoms with Gasteiger partial charge in [-0.15, -0.1) is 0 Å². The van der Waals surface area contributed by atoms with Crippen molar-refractivity contribution >= 4 is 5.82 Å². The molecule has 0 atom stereocenters. The average Bonchev–Trinajstić information content (AvgIpc) is 3.45. The predicted octanol–water partition coefficient (Wildman–Crippen LogP) is 5.08. The normalized spacial score (nSPS) is 16.3. The highest BCUT2D eigenvalue weighted by molar-refractivity contribution is 5.58. The van der Waals surface area contributed by atoms with Crippen molar-refractivity contribution in [1.82, 2.24) is 9.78 Å². The lowest BCUT2D eigenvalue weighted by molar-refractivity contribution is 0.306. The molecule has 1 aliphatic heterocycles. The number of hydrogen-bond donors (Lipinski definition) is 1. The number of hydrogen-bond acceptors (Lipinski definition) is 3. The number of rotatable bonds is 5. The second-order valence-electron chi connectivity index (χ2n) is 7.55. The number of nitrogens with zero attached hydrogens (tertiary/aromatic N) is 2. The molecule has 1 aromatic heterocycles. The second-order valence-corrected chi connectivity index (χ2v) is 7.55. The summed E-state index contributed by atoms with van der Waals surface area (Å²) < 4.78 is 8.01. The van der Waals surface area contributed by atoms with Gasteiger partial charge in [0.25, 0.3) is 0 Å². The summed E-state index contributed by atoms with van der Waals surface area (Å²) >= 11 is 0. The zero-order chi connectivity index (χ0) is 18.1. The van der Waals surface area contributed by atoms with Crippen molar-refractivity contribution in [3.63, 3.8) is 0 Å². The first-order chi connectivity index (χ1) is 13.4. The van der Waals surface area contributed by atoms with Gasteiger partial charge in [0.05, 0.1) is 11.4 Å². The quantitative estimate of drug-likeness (QED) is 0.691. The molecule has 1 N–H and O–H groups in total. The van der Waals surface area contributed by atoms with Gasteiger partial charge < -0.3 is 10.1 Å². The predicted molar refractivity (Wildman–Crippen MR) is 108 cm³/mol. The van der Waals surface area contributed by atoms with E-state index in [1.165, 1.54) is 48.3 Å². The number of ether oxygens (including phenoxy) is 1. The molecule has 3 aromatic rings. The smallest absolute Gasteiger partial charge is 0.133 e. The molecule has 0 saturated heterocycles. The Bertz CT molecular complexity index is 909. The van der Waals surface area contributed by atoms with Crippen molar-refractivity contribution in [3.05, 3.63) is 71.4 Å². The van der Waals surface area contributed by atoms with E-state index in [0.717, 1.165) is 24.4 Å². The molecule has 0 unspecified atom stereocenters. The van der Waals surface area contributed by atoms with Crippen LogP contribution in [0.3, 0.4) is 0 Å². The van der Waals surface area contributed by atoms with E-state index >= 15 is 0 Å². The van der Waals surface area contributed by atoms with Crippen LogP contribution >= 0.6 is 0 Å². The van der Waals surface area contributed by atoms with E-state index in [4.69, 9.17) is 9.84 Å². The minimum atomic E-state index is 0.588. The lowest BCUT2D eigenvalue weighted by Gasteiger charge is -2.10. The fourth-order valence-electron chi connectivity index (χ4n) is 4.34. The van der Waals surface area contributed by atoms with Crippen molar-refractivity contribution in [2.24, 2.45) is 0 Å². The van der Waals surface area contributed by atoms with Crippen LogP contribution in [0.1, 0.15) is 48.4 Å². The molecule has 2 heterocycles. The largest absolute Gasteiger partial charge is 0.489 e. The molecule has 1 saturated carbocycles. The summed E-state index contributed by atoms with van der Waals surface area (Å²) in [5.74, 6) is 2.72. The summed E-state index contributed by atoms with van der Waals surface area (Å²) in [5, 5.41) is 8.56. The number of aromatic nitrogens is 2. The zero-order valence-electron chi connectivity index (χ0n) is 15.5. The average molecular weight is 359 g/mol. The highest BCUT2D eigenvalue weighted by Gasteiger charge is 2.29. The SMILES string of the molecule is c1ccc(COc2ccc(-n3nc(C4CCCC4)c4c3NCC4)cc2)cc1. The van der Waals surface area contributed by atoms with E-state index in [1.54, 1.807) is 0 Å². The van der Waals surface area contributed by atoms with Crippen LogP contribution < -0.4 is 10.1 Å². The van der Waals surface area contributed by atoms with Gasteiger partial charge >= 0.3 is 0 Å². The van der Waals surface area contributed by atoms with Gasteiger partial charge in [-0.3, -0.25) is 0 Å². The molecule has 0 amide bonds. The third kappa shape index (κ3) is 3.20. The van der Waals surface area contributed by atoms with Crippen molar-refractivity contribution in [3.8, 4) is 11.4 Å². The molecule has 138 valence electrons. The van der Waals surface area contributed by atoms with Gasteiger partial charge in [0.1, 0.15) is 18.2 Å². The van der Waals surface area contributed by atoms with Gasteiger partial charge in [-0.2, -0.15) is 5.10 Å². The Labute approximate surface area is 160 Å². The van der Waals surface area contributed by atoms with Crippen molar-refractivity contribution in [2.45, 2.75) is 44.6 Å². The van der Waals surface area contributed by atoms with Crippen LogP contribution in [-0.4, -0.2) is 16.3 Å². The lowest BCUT2D eigenvalue weighted by atomic mass is 9.99. The molecule has 5 rings (SSSR count). The fraction of sp³-hybridized carbons (Fsp3) is 0.348. The summed E-state index contributed by atoms with van der Waals surface area (Å²) in [6, 6.07) is 18.5. The van der Waals surface area contributed by atoms with Gasteiger partial charge in [-0.25, -0.2) is 4.68 Å². The number of fused-ring (bicyclic) bond motifs is 1. The molecular formula is C23H25N3O. The third-order valence-corrected chi connectivity index (χ3v) is 5.75. The monoisotopic (exact) mass is 359 g/mol. The van der Waals surface area contributed by atoms with Crippen LogP contribution in [-0.2, 0) is 13.0 Å². The molecular weight excluding hydrogens is 334 g/mol. The number of nitrogens with one attached hydrogen (secondary N) is 1. The van der Waals surface area contributed by atoms with Crippen molar-refractivity contribution < 1.29 is 4.74 Å². The van der Waals surface area contributed by atoms with Crippen LogP contribution in [0, 0.1) is 0 Å². The summed E-state index contributed by atoms with van der Waals surface area (Å²) in [7, 11) is 0. The molecule has 4 nitrogen and oxygen atoms in total. The van der Waals surface area contributed by atoms with E-state index in [2.05, 4.69) is 34.3 Å². The lowest BCUT2D eigenvalue weighted by Crippen LogP contribution is -2.06. The van der Waals surface area contributed by atoms with Crippen LogP contribution in [0.4, 0.5) is 5.82 Å². The summed E-state index contributed by atoms with van der Waals surface area (Å²) in [5.41, 5.74) is 5.04. The van der Waals surface area contributed by atoms with Crippen LogP contribution in [0.25, 0.3) is 5.69 Å². The fourth-order valence-corrected chi connectivity index (χ4v) is 4.34. The molecule has 27 heavy (non-hydrogen) atoms. The first-order valence-electron chi connectivity index (χ1n) is 10.0. The maximum Gasteiger partial charge on any atom is 0.133 e. The maximum atomic E-state index is 5.92. The van der Waals surface area contributed by atoms with Crippen molar-refractivity contribution in [1.29, 1.82) is 0 Å². The first-order valence-corrected chi connectivity index (χ1v) is 10.0. The minimum absolute atomic E-state index is 0.588.